The first-order valence-electron chi connectivity index (χ1n) is 12.0. The van der Waals surface area contributed by atoms with Crippen LogP contribution in [0.2, 0.25) is 0 Å². The molecule has 0 aromatic heterocycles. The van der Waals surface area contributed by atoms with Crippen LogP contribution in [0.4, 0.5) is 11.4 Å². The van der Waals surface area contributed by atoms with Gasteiger partial charge in [-0.2, -0.15) is 0 Å². The Bertz CT molecular complexity index is 1200. The Labute approximate surface area is 211 Å². The lowest BCUT2D eigenvalue weighted by molar-refractivity contribution is -0.114. The molecule has 0 bridgehead atoms. The minimum Gasteiger partial charge on any atom is -0.493 e. The van der Waals surface area contributed by atoms with Crippen LogP contribution in [0.15, 0.2) is 109 Å². The van der Waals surface area contributed by atoms with Crippen molar-refractivity contribution in [1.82, 2.24) is 0 Å². The summed E-state index contributed by atoms with van der Waals surface area (Å²) in [5, 5.41) is 6.02. The second-order valence-electron chi connectivity index (χ2n) is 8.05. The Hall–Kier alpha value is -4.45. The highest BCUT2D eigenvalue weighted by molar-refractivity contribution is 5.93. The smallest absolute Gasteiger partial charge is 0.243 e. The van der Waals surface area contributed by atoms with Gasteiger partial charge in [-0.3, -0.25) is 4.79 Å². The van der Waals surface area contributed by atoms with E-state index < -0.39 is 0 Å². The summed E-state index contributed by atoms with van der Waals surface area (Å²) >= 11 is 0. The standard InChI is InChI=1S/C30H30N2O4/c33-30(32-25-14-16-28(17-15-25)34-19-18-24-8-3-1-4-9-24)23-31-26-10-7-13-29(22-26)36-21-20-35-27-11-5-2-6-12-27/h1-17,22,31H,18-21,23H2,(H,32,33). The molecule has 0 atom stereocenters. The van der Waals surface area contributed by atoms with Crippen LogP contribution in [-0.4, -0.2) is 32.3 Å². The van der Waals surface area contributed by atoms with Crippen molar-refractivity contribution in [2.24, 2.45) is 0 Å². The minimum atomic E-state index is -0.143. The van der Waals surface area contributed by atoms with Gasteiger partial charge in [0.2, 0.25) is 5.91 Å². The van der Waals surface area contributed by atoms with E-state index in [0.717, 1.165) is 23.6 Å². The van der Waals surface area contributed by atoms with Crippen LogP contribution in [0.25, 0.3) is 0 Å². The molecule has 0 heterocycles. The molecule has 0 aliphatic heterocycles. The molecule has 2 N–H and O–H groups in total. The van der Waals surface area contributed by atoms with Gasteiger partial charge in [0.05, 0.1) is 13.2 Å². The topological polar surface area (TPSA) is 68.8 Å². The number of carbonyl (C=O) groups excluding carboxylic acids is 1. The van der Waals surface area contributed by atoms with E-state index in [1.165, 1.54) is 5.56 Å². The van der Waals surface area contributed by atoms with Gasteiger partial charge < -0.3 is 24.8 Å². The van der Waals surface area contributed by atoms with E-state index in [1.54, 1.807) is 0 Å². The van der Waals surface area contributed by atoms with E-state index in [1.807, 2.05) is 97.1 Å². The maximum absolute atomic E-state index is 12.4. The zero-order chi connectivity index (χ0) is 24.8. The molecule has 1 amide bonds. The van der Waals surface area contributed by atoms with Crippen molar-refractivity contribution in [1.29, 1.82) is 0 Å². The van der Waals surface area contributed by atoms with Crippen LogP contribution in [0.1, 0.15) is 5.56 Å². The largest absolute Gasteiger partial charge is 0.493 e. The third-order valence-electron chi connectivity index (χ3n) is 5.29. The third kappa shape index (κ3) is 8.40. The molecule has 4 aromatic carbocycles. The molecule has 0 radical (unpaired) electrons. The number of hydrogen-bond donors (Lipinski definition) is 2. The molecule has 0 aliphatic rings. The predicted molar refractivity (Wildman–Crippen MR) is 143 cm³/mol. The van der Waals surface area contributed by atoms with Gasteiger partial charge in [0.15, 0.2) is 0 Å². The molecular formula is C30H30N2O4. The number of rotatable bonds is 13. The quantitative estimate of drug-likeness (QED) is 0.235. The normalized spacial score (nSPS) is 10.3. The number of hydrogen-bond acceptors (Lipinski definition) is 5. The van der Waals surface area contributed by atoms with Crippen LogP contribution < -0.4 is 24.8 Å². The van der Waals surface area contributed by atoms with Crippen LogP contribution in [0.3, 0.4) is 0 Å². The first-order valence-corrected chi connectivity index (χ1v) is 12.0. The molecule has 184 valence electrons. The number of benzene rings is 4. The molecule has 36 heavy (non-hydrogen) atoms. The zero-order valence-corrected chi connectivity index (χ0v) is 20.1. The molecular weight excluding hydrogens is 452 g/mol. The van der Waals surface area contributed by atoms with Crippen LogP contribution >= 0.6 is 0 Å². The van der Waals surface area contributed by atoms with Gasteiger partial charge in [0.1, 0.15) is 30.5 Å². The van der Waals surface area contributed by atoms with Crippen molar-refractivity contribution in [2.45, 2.75) is 6.42 Å². The summed E-state index contributed by atoms with van der Waals surface area (Å²) in [6, 6.07) is 34.7. The fourth-order valence-corrected chi connectivity index (χ4v) is 3.49. The Morgan fingerprint density at radius 3 is 1.94 bits per heavy atom. The number of carbonyl (C=O) groups is 1. The Morgan fingerprint density at radius 1 is 0.583 bits per heavy atom. The number of amides is 1. The highest BCUT2D eigenvalue weighted by Crippen LogP contribution is 2.18. The summed E-state index contributed by atoms with van der Waals surface area (Å²) < 4.78 is 17.2. The van der Waals surface area contributed by atoms with Crippen molar-refractivity contribution >= 4 is 17.3 Å². The van der Waals surface area contributed by atoms with Gasteiger partial charge in [-0.05, 0) is 54.1 Å². The molecule has 0 fully saturated rings. The van der Waals surface area contributed by atoms with Crippen LogP contribution in [0.5, 0.6) is 17.2 Å². The molecule has 0 aliphatic carbocycles. The molecule has 0 saturated heterocycles. The van der Waals surface area contributed by atoms with E-state index in [4.69, 9.17) is 14.2 Å². The van der Waals surface area contributed by atoms with E-state index in [2.05, 4.69) is 22.8 Å². The summed E-state index contributed by atoms with van der Waals surface area (Å²) in [7, 11) is 0. The second kappa shape index (κ2) is 13.4. The summed E-state index contributed by atoms with van der Waals surface area (Å²) in [5.74, 6) is 2.15. The number of ether oxygens (including phenoxy) is 3. The Balaban J connectivity index is 1.15. The molecule has 6 heteroatoms. The fraction of sp³-hybridized carbons (Fsp3) is 0.167. The molecule has 6 nitrogen and oxygen atoms in total. The highest BCUT2D eigenvalue weighted by Gasteiger charge is 2.04. The SMILES string of the molecule is O=C(CNc1cccc(OCCOc2ccccc2)c1)Nc1ccc(OCCc2ccccc2)cc1. The van der Waals surface area contributed by atoms with Crippen LogP contribution in [-0.2, 0) is 11.2 Å². The third-order valence-corrected chi connectivity index (χ3v) is 5.29. The fourth-order valence-electron chi connectivity index (χ4n) is 3.49. The van der Waals surface area contributed by atoms with Crippen molar-refractivity contribution in [3.63, 3.8) is 0 Å². The summed E-state index contributed by atoms with van der Waals surface area (Å²) in [6.07, 6.45) is 0.846. The Kier molecular flexibility index (Phi) is 9.21. The van der Waals surface area contributed by atoms with Crippen molar-refractivity contribution < 1.29 is 19.0 Å². The van der Waals surface area contributed by atoms with Gasteiger partial charge in [-0.15, -0.1) is 0 Å². The first kappa shape index (κ1) is 24.7. The van der Waals surface area contributed by atoms with E-state index in [0.29, 0.717) is 31.3 Å². The average Bonchev–Trinajstić information content (AvgIpc) is 2.92. The summed E-state index contributed by atoms with van der Waals surface area (Å²) in [4.78, 5) is 12.4. The first-order chi connectivity index (χ1) is 17.7. The zero-order valence-electron chi connectivity index (χ0n) is 20.1. The second-order valence-corrected chi connectivity index (χ2v) is 8.05. The summed E-state index contributed by atoms with van der Waals surface area (Å²) in [6.45, 7) is 1.60. The summed E-state index contributed by atoms with van der Waals surface area (Å²) in [5.41, 5.74) is 2.75. The van der Waals surface area contributed by atoms with Crippen molar-refractivity contribution in [3.05, 3.63) is 115 Å². The lowest BCUT2D eigenvalue weighted by atomic mass is 10.2. The van der Waals surface area contributed by atoms with Crippen LogP contribution in [0, 0.1) is 0 Å². The number of anilines is 2. The lowest BCUT2D eigenvalue weighted by Crippen LogP contribution is -2.21. The molecule has 0 unspecified atom stereocenters. The van der Waals surface area contributed by atoms with Gasteiger partial charge in [-0.25, -0.2) is 0 Å². The highest BCUT2D eigenvalue weighted by atomic mass is 16.5. The van der Waals surface area contributed by atoms with E-state index in [9.17, 15) is 4.79 Å². The van der Waals surface area contributed by atoms with E-state index in [-0.39, 0.29) is 12.5 Å². The average molecular weight is 483 g/mol. The maximum Gasteiger partial charge on any atom is 0.243 e. The minimum absolute atomic E-state index is 0.135. The van der Waals surface area contributed by atoms with Gasteiger partial charge >= 0.3 is 0 Å². The van der Waals surface area contributed by atoms with E-state index >= 15 is 0 Å². The van der Waals surface area contributed by atoms with Gasteiger partial charge in [0.25, 0.3) is 0 Å². The molecule has 4 rings (SSSR count). The Morgan fingerprint density at radius 2 is 1.19 bits per heavy atom. The molecule has 0 spiro atoms. The molecule has 0 saturated carbocycles. The number of nitrogens with one attached hydrogen (secondary N) is 2. The van der Waals surface area contributed by atoms with Crippen molar-refractivity contribution in [2.75, 3.05) is 37.0 Å². The molecule has 4 aromatic rings. The maximum atomic E-state index is 12.4. The van der Waals surface area contributed by atoms with Gasteiger partial charge in [-0.1, -0.05) is 54.6 Å². The monoisotopic (exact) mass is 482 g/mol. The van der Waals surface area contributed by atoms with Crippen molar-refractivity contribution in [3.8, 4) is 17.2 Å². The van der Waals surface area contributed by atoms with Gasteiger partial charge in [0, 0.05) is 23.9 Å². The number of para-hydroxylation sites is 1. The lowest BCUT2D eigenvalue weighted by Gasteiger charge is -2.11. The predicted octanol–water partition coefficient (Wildman–Crippen LogP) is 5.82.